The van der Waals surface area contributed by atoms with E-state index in [0.29, 0.717) is 17.8 Å². The number of aliphatic hydroxyl groups is 1. The van der Waals surface area contributed by atoms with Crippen molar-refractivity contribution in [2.75, 3.05) is 13.1 Å². The van der Waals surface area contributed by atoms with Crippen LogP contribution in [0.3, 0.4) is 0 Å². The lowest BCUT2D eigenvalue weighted by Crippen LogP contribution is -2.53. The molecular weight excluding hydrogens is 398 g/mol. The highest BCUT2D eigenvalue weighted by Crippen LogP contribution is 2.34. The Morgan fingerprint density at radius 1 is 1.17 bits per heavy atom. The van der Waals surface area contributed by atoms with Gasteiger partial charge in [0.25, 0.3) is 11.1 Å². The number of carbonyl (C=O) groups excluding carboxylic acids is 1. The molecule has 30 heavy (non-hydrogen) atoms. The topological polar surface area (TPSA) is 65.9 Å². The normalized spacial score (nSPS) is 21.5. The number of aromatic nitrogens is 1. The standard InChI is InChI=1S/C23H25N3O3S/c1-23(2,28)21(27)26-14-16-11-17(26)13-25(16)12-15-7-9-18(10-8-15)29-22-24-19-5-3-4-6-20(19)30-22/h3-10,16-17,28H,11-14H2,1-2H3/t16-,17-/m0/s1. The second-order valence-corrected chi connectivity index (χ2v) is 9.68. The first-order valence-electron chi connectivity index (χ1n) is 10.3. The molecule has 1 N–H and O–H groups in total. The third kappa shape index (κ3) is 3.69. The largest absolute Gasteiger partial charge is 0.431 e. The maximum atomic E-state index is 12.4. The second kappa shape index (κ2) is 7.34. The molecule has 5 rings (SSSR count). The predicted molar refractivity (Wildman–Crippen MR) is 117 cm³/mol. The smallest absolute Gasteiger partial charge is 0.279 e. The van der Waals surface area contributed by atoms with Gasteiger partial charge in [-0.05, 0) is 50.1 Å². The summed E-state index contributed by atoms with van der Waals surface area (Å²) in [7, 11) is 0. The predicted octanol–water partition coefficient (Wildman–Crippen LogP) is 3.64. The van der Waals surface area contributed by atoms with E-state index in [4.69, 9.17) is 4.74 Å². The van der Waals surface area contributed by atoms with E-state index in [2.05, 4.69) is 22.0 Å². The lowest BCUT2D eigenvalue weighted by atomic mass is 10.1. The lowest BCUT2D eigenvalue weighted by molar-refractivity contribution is -0.150. The van der Waals surface area contributed by atoms with Gasteiger partial charge in [-0.1, -0.05) is 35.6 Å². The fourth-order valence-corrected chi connectivity index (χ4v) is 5.27. The molecule has 1 amide bonds. The van der Waals surface area contributed by atoms with Crippen LogP contribution in [0.15, 0.2) is 48.5 Å². The molecule has 1 aromatic heterocycles. The molecule has 156 valence electrons. The molecule has 0 saturated carbocycles. The fraction of sp³-hybridized carbons (Fsp3) is 0.391. The summed E-state index contributed by atoms with van der Waals surface area (Å²) in [6.07, 6.45) is 0.987. The number of hydrogen-bond acceptors (Lipinski definition) is 6. The molecule has 2 fully saturated rings. The monoisotopic (exact) mass is 423 g/mol. The van der Waals surface area contributed by atoms with E-state index >= 15 is 0 Å². The van der Waals surface area contributed by atoms with Gasteiger partial charge in [-0.25, -0.2) is 4.98 Å². The van der Waals surface area contributed by atoms with Crippen molar-refractivity contribution < 1.29 is 14.6 Å². The number of carbonyl (C=O) groups is 1. The summed E-state index contributed by atoms with van der Waals surface area (Å²) in [5.74, 6) is 0.619. The number of nitrogens with zero attached hydrogens (tertiary/aromatic N) is 3. The maximum absolute atomic E-state index is 12.4. The number of thiazole rings is 1. The summed E-state index contributed by atoms with van der Waals surface area (Å²) in [6, 6.07) is 16.7. The SMILES string of the molecule is CC(C)(O)C(=O)N1C[C@@H]2C[C@H]1CN2Cc1ccc(Oc2nc3ccccc3s2)cc1. The Morgan fingerprint density at radius 2 is 1.93 bits per heavy atom. The fourth-order valence-electron chi connectivity index (χ4n) is 4.44. The molecule has 3 heterocycles. The van der Waals surface area contributed by atoms with Crippen molar-refractivity contribution in [3.63, 3.8) is 0 Å². The summed E-state index contributed by atoms with van der Waals surface area (Å²) < 4.78 is 7.05. The summed E-state index contributed by atoms with van der Waals surface area (Å²) in [6.45, 7) is 5.55. The molecule has 2 aliphatic rings. The molecule has 6 nitrogen and oxygen atoms in total. The van der Waals surface area contributed by atoms with E-state index in [1.807, 2.05) is 41.3 Å². The molecule has 7 heteroatoms. The summed E-state index contributed by atoms with van der Waals surface area (Å²) in [4.78, 5) is 21.2. The zero-order valence-electron chi connectivity index (χ0n) is 17.1. The molecule has 2 aliphatic heterocycles. The molecule has 0 spiro atoms. The first kappa shape index (κ1) is 19.5. The minimum absolute atomic E-state index is 0.161. The number of hydrogen-bond donors (Lipinski definition) is 1. The average molecular weight is 424 g/mol. The quantitative estimate of drug-likeness (QED) is 0.679. The number of rotatable bonds is 5. The van der Waals surface area contributed by atoms with Crippen molar-refractivity contribution in [1.82, 2.24) is 14.8 Å². The molecule has 2 atom stereocenters. The Labute approximate surface area is 179 Å². The van der Waals surface area contributed by atoms with Gasteiger partial charge in [0.15, 0.2) is 0 Å². The van der Waals surface area contributed by atoms with Gasteiger partial charge in [-0.3, -0.25) is 9.69 Å². The minimum atomic E-state index is -1.30. The second-order valence-electron chi connectivity index (χ2n) is 8.68. The Bertz CT molecular complexity index is 1040. The number of benzene rings is 2. The summed E-state index contributed by atoms with van der Waals surface area (Å²) >= 11 is 1.54. The van der Waals surface area contributed by atoms with E-state index in [1.165, 1.54) is 5.56 Å². The van der Waals surface area contributed by atoms with Crippen LogP contribution in [-0.4, -0.2) is 56.6 Å². The zero-order valence-corrected chi connectivity index (χ0v) is 17.9. The summed E-state index contributed by atoms with van der Waals surface area (Å²) in [5.41, 5.74) is 0.879. The van der Waals surface area contributed by atoms with Crippen LogP contribution >= 0.6 is 11.3 Å². The Kier molecular flexibility index (Phi) is 4.76. The molecular formula is C23H25N3O3S. The van der Waals surface area contributed by atoms with Crippen molar-refractivity contribution in [3.8, 4) is 10.9 Å². The van der Waals surface area contributed by atoms with Crippen molar-refractivity contribution in [2.24, 2.45) is 0 Å². The van der Waals surface area contributed by atoms with Gasteiger partial charge >= 0.3 is 0 Å². The Balaban J connectivity index is 1.20. The van der Waals surface area contributed by atoms with Crippen LogP contribution in [-0.2, 0) is 11.3 Å². The van der Waals surface area contributed by atoms with E-state index in [0.717, 1.165) is 35.5 Å². The molecule has 0 unspecified atom stereocenters. The maximum Gasteiger partial charge on any atom is 0.279 e. The number of piperazine rings is 1. The van der Waals surface area contributed by atoms with Crippen LogP contribution < -0.4 is 4.74 Å². The van der Waals surface area contributed by atoms with Gasteiger partial charge in [0.1, 0.15) is 11.4 Å². The van der Waals surface area contributed by atoms with Crippen LogP contribution in [0, 0.1) is 0 Å². The third-order valence-corrected chi connectivity index (χ3v) is 6.84. The molecule has 3 aromatic rings. The van der Waals surface area contributed by atoms with Crippen molar-refractivity contribution in [3.05, 3.63) is 54.1 Å². The first-order chi connectivity index (χ1) is 14.4. The van der Waals surface area contributed by atoms with Crippen molar-refractivity contribution in [2.45, 2.75) is 44.5 Å². The van der Waals surface area contributed by atoms with Gasteiger partial charge in [-0.15, -0.1) is 0 Å². The highest BCUT2D eigenvalue weighted by Gasteiger charge is 2.47. The highest BCUT2D eigenvalue weighted by molar-refractivity contribution is 7.20. The van der Waals surface area contributed by atoms with E-state index in [9.17, 15) is 9.90 Å². The van der Waals surface area contributed by atoms with Gasteiger partial charge in [-0.2, -0.15) is 0 Å². The van der Waals surface area contributed by atoms with E-state index in [1.54, 1.807) is 25.2 Å². The van der Waals surface area contributed by atoms with Gasteiger partial charge in [0.2, 0.25) is 0 Å². The minimum Gasteiger partial charge on any atom is -0.431 e. The number of fused-ring (bicyclic) bond motifs is 3. The number of ether oxygens (including phenoxy) is 1. The molecule has 0 aliphatic carbocycles. The van der Waals surface area contributed by atoms with Gasteiger partial charge in [0, 0.05) is 31.7 Å². The average Bonchev–Trinajstić information content (AvgIpc) is 3.41. The van der Waals surface area contributed by atoms with Crippen LogP contribution in [0.25, 0.3) is 10.2 Å². The molecule has 2 saturated heterocycles. The first-order valence-corrected chi connectivity index (χ1v) is 11.1. The molecule has 2 aromatic carbocycles. The van der Waals surface area contributed by atoms with Gasteiger partial charge < -0.3 is 14.7 Å². The lowest BCUT2D eigenvalue weighted by Gasteiger charge is -2.36. The molecule has 0 radical (unpaired) electrons. The van der Waals surface area contributed by atoms with E-state index < -0.39 is 5.60 Å². The van der Waals surface area contributed by atoms with Crippen molar-refractivity contribution in [1.29, 1.82) is 0 Å². The van der Waals surface area contributed by atoms with E-state index in [-0.39, 0.29) is 11.9 Å². The van der Waals surface area contributed by atoms with Crippen LogP contribution in [0.2, 0.25) is 0 Å². The number of para-hydroxylation sites is 1. The van der Waals surface area contributed by atoms with Crippen LogP contribution in [0.1, 0.15) is 25.8 Å². The highest BCUT2D eigenvalue weighted by atomic mass is 32.1. The zero-order chi connectivity index (χ0) is 20.9. The van der Waals surface area contributed by atoms with Gasteiger partial charge in [0.05, 0.1) is 10.2 Å². The Hall–Kier alpha value is -2.48. The van der Waals surface area contributed by atoms with Crippen LogP contribution in [0.5, 0.6) is 10.9 Å². The number of amides is 1. The third-order valence-electron chi connectivity index (χ3n) is 5.93. The Morgan fingerprint density at radius 3 is 2.60 bits per heavy atom. The van der Waals surface area contributed by atoms with Crippen LogP contribution in [0.4, 0.5) is 0 Å². The van der Waals surface area contributed by atoms with Crippen molar-refractivity contribution >= 4 is 27.5 Å². The molecule has 2 bridgehead atoms. The summed E-state index contributed by atoms with van der Waals surface area (Å²) in [5, 5.41) is 10.7. The number of likely N-dealkylation sites (tertiary alicyclic amines) is 2.